The van der Waals surface area contributed by atoms with E-state index >= 15 is 0 Å². The number of halogens is 3. The summed E-state index contributed by atoms with van der Waals surface area (Å²) in [5.41, 5.74) is 3.95. The number of H-pyrrole nitrogens is 2. The van der Waals surface area contributed by atoms with Gasteiger partial charge in [-0.15, -0.1) is 0 Å². The van der Waals surface area contributed by atoms with Crippen LogP contribution in [0.4, 0.5) is 18.9 Å². The minimum Gasteiger partial charge on any atom is -0.381 e. The zero-order chi connectivity index (χ0) is 29.6. The van der Waals surface area contributed by atoms with Gasteiger partial charge in [0, 0.05) is 37.4 Å². The summed E-state index contributed by atoms with van der Waals surface area (Å²) in [4.78, 5) is 41.0. The molecule has 4 heterocycles. The molecule has 1 saturated heterocycles. The highest BCUT2D eigenvalue weighted by molar-refractivity contribution is 6.02. The maximum atomic E-state index is 13.3. The number of pyridine rings is 1. The molecule has 8 nitrogen and oxygen atoms in total. The normalized spacial score (nSPS) is 16.4. The number of nitrogens with one attached hydrogen (secondary N) is 3. The first-order valence-electron chi connectivity index (χ1n) is 14.3. The van der Waals surface area contributed by atoms with Gasteiger partial charge < -0.3 is 25.1 Å². The molecule has 0 radical (unpaired) electrons. The summed E-state index contributed by atoms with van der Waals surface area (Å²) in [5, 5.41) is 3.30. The first kappa shape index (κ1) is 28.0. The Balaban J connectivity index is 1.23. The fraction of sp³-hybridized carbons (Fsp3) is 0.387. The molecule has 11 heteroatoms. The number of imidazole rings is 1. The van der Waals surface area contributed by atoms with Crippen LogP contribution in [0.5, 0.6) is 0 Å². The number of alkyl halides is 3. The zero-order valence-corrected chi connectivity index (χ0v) is 23.6. The van der Waals surface area contributed by atoms with Gasteiger partial charge in [-0.3, -0.25) is 9.59 Å². The SMILES string of the molecule is Cc1ccc(C(F)(F)F)cc1C[C@H](C)Nc1cc[nH]c(=O)c1-c1nc2cc3c(cc2[nH]1)CN(CCN1CCCC1)C3=O. The Morgan fingerprint density at radius 3 is 2.62 bits per heavy atom. The summed E-state index contributed by atoms with van der Waals surface area (Å²) in [6.07, 6.45) is -0.156. The van der Waals surface area contributed by atoms with E-state index in [2.05, 4.69) is 25.2 Å². The van der Waals surface area contributed by atoms with Gasteiger partial charge in [0.1, 0.15) is 11.4 Å². The second kappa shape index (κ2) is 10.9. The number of likely N-dealkylation sites (tertiary alicyclic amines) is 1. The smallest absolute Gasteiger partial charge is 0.381 e. The third-order valence-corrected chi connectivity index (χ3v) is 8.27. The van der Waals surface area contributed by atoms with Crippen LogP contribution >= 0.6 is 0 Å². The Labute approximate surface area is 240 Å². The molecule has 4 aromatic rings. The number of amides is 1. The van der Waals surface area contributed by atoms with Gasteiger partial charge in [-0.2, -0.15) is 13.2 Å². The second-order valence-electron chi connectivity index (χ2n) is 11.4. The monoisotopic (exact) mass is 578 g/mol. The van der Waals surface area contributed by atoms with Crippen molar-refractivity contribution in [2.75, 3.05) is 31.5 Å². The predicted molar refractivity (Wildman–Crippen MR) is 156 cm³/mol. The van der Waals surface area contributed by atoms with Crippen LogP contribution in [0.15, 0.2) is 47.4 Å². The summed E-state index contributed by atoms with van der Waals surface area (Å²) in [7, 11) is 0. The molecule has 0 aliphatic carbocycles. The summed E-state index contributed by atoms with van der Waals surface area (Å²) in [6.45, 7) is 7.91. The maximum Gasteiger partial charge on any atom is 0.416 e. The van der Waals surface area contributed by atoms with E-state index in [1.54, 1.807) is 19.1 Å². The fourth-order valence-electron chi connectivity index (χ4n) is 5.99. The fourth-order valence-corrected chi connectivity index (χ4v) is 5.99. The molecular weight excluding hydrogens is 545 g/mol. The van der Waals surface area contributed by atoms with Crippen molar-refractivity contribution in [2.24, 2.45) is 0 Å². The Morgan fingerprint density at radius 2 is 1.86 bits per heavy atom. The second-order valence-corrected chi connectivity index (χ2v) is 11.4. The molecule has 0 unspecified atom stereocenters. The van der Waals surface area contributed by atoms with E-state index in [0.717, 1.165) is 42.3 Å². The largest absolute Gasteiger partial charge is 0.416 e. The highest BCUT2D eigenvalue weighted by Crippen LogP contribution is 2.32. The van der Waals surface area contributed by atoms with Gasteiger partial charge in [0.2, 0.25) is 0 Å². The lowest BCUT2D eigenvalue weighted by atomic mass is 9.98. The summed E-state index contributed by atoms with van der Waals surface area (Å²) < 4.78 is 39.8. The third kappa shape index (κ3) is 5.53. The maximum absolute atomic E-state index is 13.3. The summed E-state index contributed by atoms with van der Waals surface area (Å²) in [5.74, 6) is 0.341. The number of benzene rings is 2. The van der Waals surface area contributed by atoms with Gasteiger partial charge in [-0.05, 0) is 93.2 Å². The Hall–Kier alpha value is -4.12. The highest BCUT2D eigenvalue weighted by Gasteiger charge is 2.31. The van der Waals surface area contributed by atoms with E-state index in [0.29, 0.717) is 53.2 Å². The van der Waals surface area contributed by atoms with Gasteiger partial charge in [0.15, 0.2) is 0 Å². The van der Waals surface area contributed by atoms with E-state index in [-0.39, 0.29) is 17.5 Å². The third-order valence-electron chi connectivity index (χ3n) is 8.27. The number of hydrogen-bond acceptors (Lipinski definition) is 5. The van der Waals surface area contributed by atoms with Crippen LogP contribution in [-0.2, 0) is 19.1 Å². The lowest BCUT2D eigenvalue weighted by molar-refractivity contribution is -0.137. The number of rotatable bonds is 8. The number of aryl methyl sites for hydroxylation is 1. The average molecular weight is 579 g/mol. The van der Waals surface area contributed by atoms with Crippen molar-refractivity contribution in [3.8, 4) is 11.4 Å². The van der Waals surface area contributed by atoms with Crippen molar-refractivity contribution in [3.63, 3.8) is 0 Å². The number of anilines is 1. The standard InChI is InChI=1S/C31H33F3N6O2/c1-18-5-6-22(31(32,33)34)14-20(18)13-19(2)36-24-7-8-35-29(41)27(24)28-37-25-15-21-17-40(12-11-39-9-3-4-10-39)30(42)23(21)16-26(25)38-28/h5-8,14-16,19H,3-4,9-13,17H2,1-2H3,(H,37,38)(H2,35,36,41)/t19-/m0/s1. The lowest BCUT2D eigenvalue weighted by Gasteiger charge is -2.20. The highest BCUT2D eigenvalue weighted by atomic mass is 19.4. The number of aromatic amines is 2. The number of carbonyl (C=O) groups is 1. The van der Waals surface area contributed by atoms with Crippen molar-refractivity contribution in [1.82, 2.24) is 24.8 Å². The molecular formula is C31H33F3N6O2. The molecule has 1 atom stereocenters. The van der Waals surface area contributed by atoms with Gasteiger partial charge in [-0.1, -0.05) is 6.07 Å². The molecule has 2 aromatic carbocycles. The molecule has 2 aliphatic heterocycles. The molecule has 220 valence electrons. The molecule has 0 saturated carbocycles. The van der Waals surface area contributed by atoms with Crippen LogP contribution in [0, 0.1) is 6.92 Å². The molecule has 0 spiro atoms. The number of hydrogen-bond donors (Lipinski definition) is 3. The van der Waals surface area contributed by atoms with E-state index in [9.17, 15) is 22.8 Å². The number of aromatic nitrogens is 3. The predicted octanol–water partition coefficient (Wildman–Crippen LogP) is 5.34. The molecule has 3 N–H and O–H groups in total. The van der Waals surface area contributed by atoms with Crippen molar-refractivity contribution in [1.29, 1.82) is 0 Å². The van der Waals surface area contributed by atoms with E-state index in [4.69, 9.17) is 0 Å². The minimum absolute atomic E-state index is 0.00530. The molecule has 1 amide bonds. The van der Waals surface area contributed by atoms with Gasteiger partial charge in [0.05, 0.1) is 22.3 Å². The number of fused-ring (bicyclic) bond motifs is 2. The van der Waals surface area contributed by atoms with Crippen LogP contribution in [0.3, 0.4) is 0 Å². The van der Waals surface area contributed by atoms with Crippen LogP contribution in [0.2, 0.25) is 0 Å². The summed E-state index contributed by atoms with van der Waals surface area (Å²) >= 11 is 0. The molecule has 1 fully saturated rings. The molecule has 2 aromatic heterocycles. The van der Waals surface area contributed by atoms with Crippen molar-refractivity contribution in [3.05, 3.63) is 80.8 Å². The average Bonchev–Trinajstić information content (AvgIpc) is 3.66. The molecule has 42 heavy (non-hydrogen) atoms. The van der Waals surface area contributed by atoms with Gasteiger partial charge in [0.25, 0.3) is 11.5 Å². The van der Waals surface area contributed by atoms with Crippen molar-refractivity contribution >= 4 is 22.6 Å². The summed E-state index contributed by atoms with van der Waals surface area (Å²) in [6, 6.07) is 8.88. The lowest BCUT2D eigenvalue weighted by Crippen LogP contribution is -2.33. The Kier molecular flexibility index (Phi) is 7.30. The zero-order valence-electron chi connectivity index (χ0n) is 23.6. The molecule has 0 bridgehead atoms. The minimum atomic E-state index is -4.42. The topological polar surface area (TPSA) is 97.1 Å². The van der Waals surface area contributed by atoms with Crippen LogP contribution in [0.1, 0.15) is 52.4 Å². The van der Waals surface area contributed by atoms with Crippen LogP contribution in [0.25, 0.3) is 22.4 Å². The van der Waals surface area contributed by atoms with Gasteiger partial charge >= 0.3 is 6.18 Å². The van der Waals surface area contributed by atoms with Crippen molar-refractivity contribution < 1.29 is 18.0 Å². The Morgan fingerprint density at radius 1 is 1.07 bits per heavy atom. The number of carbonyl (C=O) groups excluding carboxylic acids is 1. The van der Waals surface area contributed by atoms with Crippen LogP contribution < -0.4 is 10.9 Å². The molecule has 2 aliphatic rings. The van der Waals surface area contributed by atoms with E-state index in [1.165, 1.54) is 31.2 Å². The van der Waals surface area contributed by atoms with E-state index < -0.39 is 11.7 Å². The van der Waals surface area contributed by atoms with Crippen molar-refractivity contribution in [2.45, 2.75) is 51.9 Å². The first-order chi connectivity index (χ1) is 20.1. The molecule has 6 rings (SSSR count). The van der Waals surface area contributed by atoms with E-state index in [1.807, 2.05) is 17.9 Å². The van der Waals surface area contributed by atoms with Crippen LogP contribution in [-0.4, -0.2) is 62.9 Å². The Bertz CT molecular complexity index is 1700. The first-order valence-corrected chi connectivity index (χ1v) is 14.3. The number of nitrogens with zero attached hydrogens (tertiary/aromatic N) is 3. The quantitative estimate of drug-likeness (QED) is 0.262. The van der Waals surface area contributed by atoms with Gasteiger partial charge in [-0.25, -0.2) is 4.98 Å².